The summed E-state index contributed by atoms with van der Waals surface area (Å²) in [7, 11) is 0. The lowest BCUT2D eigenvalue weighted by Crippen LogP contribution is -2.15. The van der Waals surface area contributed by atoms with Crippen molar-refractivity contribution in [3.63, 3.8) is 0 Å². The van der Waals surface area contributed by atoms with E-state index >= 15 is 0 Å². The number of nitrogens with zero attached hydrogens (tertiary/aromatic N) is 1. The van der Waals surface area contributed by atoms with Crippen molar-refractivity contribution in [2.24, 2.45) is 0 Å². The van der Waals surface area contributed by atoms with E-state index in [9.17, 15) is 4.79 Å². The molecular formula is C12H15NO2. The maximum absolute atomic E-state index is 11.6. The van der Waals surface area contributed by atoms with E-state index in [1.54, 1.807) is 4.57 Å². The number of benzene rings is 1. The Bertz CT molecular complexity index is 534. The van der Waals surface area contributed by atoms with E-state index in [1.807, 2.05) is 32.0 Å². The van der Waals surface area contributed by atoms with Crippen LogP contribution in [0.3, 0.4) is 0 Å². The molecule has 0 atom stereocenters. The molecule has 0 aliphatic heterocycles. The second-order valence-corrected chi connectivity index (χ2v) is 3.99. The van der Waals surface area contributed by atoms with Gasteiger partial charge in [0.2, 0.25) is 0 Å². The Hall–Kier alpha value is -1.51. The van der Waals surface area contributed by atoms with Crippen molar-refractivity contribution in [3.05, 3.63) is 34.3 Å². The van der Waals surface area contributed by atoms with Gasteiger partial charge in [-0.1, -0.05) is 13.0 Å². The molecular weight excluding hydrogens is 190 g/mol. The summed E-state index contributed by atoms with van der Waals surface area (Å²) < 4.78 is 6.89. The summed E-state index contributed by atoms with van der Waals surface area (Å²) >= 11 is 0. The van der Waals surface area contributed by atoms with E-state index in [0.29, 0.717) is 5.58 Å². The molecule has 0 N–H and O–H groups in total. The standard InChI is InChI=1S/C12H15NO2/c1-4-9-5-6-10-11(7-9)15-12(14)13(10)8(2)3/h5-8H,4H2,1-3H3. The van der Waals surface area contributed by atoms with Crippen molar-refractivity contribution in [1.29, 1.82) is 0 Å². The first-order valence-electron chi connectivity index (χ1n) is 5.27. The van der Waals surface area contributed by atoms with E-state index in [2.05, 4.69) is 6.92 Å². The van der Waals surface area contributed by atoms with Crippen LogP contribution in [0.5, 0.6) is 0 Å². The van der Waals surface area contributed by atoms with Crippen LogP contribution < -0.4 is 5.76 Å². The molecule has 80 valence electrons. The number of aryl methyl sites for hydroxylation is 1. The highest BCUT2D eigenvalue weighted by atomic mass is 16.4. The third-order valence-corrected chi connectivity index (χ3v) is 2.60. The molecule has 0 saturated carbocycles. The molecule has 0 saturated heterocycles. The van der Waals surface area contributed by atoms with Crippen LogP contribution in [0.25, 0.3) is 11.1 Å². The normalized spacial score (nSPS) is 11.5. The average Bonchev–Trinajstić information content (AvgIpc) is 2.52. The molecule has 15 heavy (non-hydrogen) atoms. The fourth-order valence-corrected chi connectivity index (χ4v) is 1.79. The predicted octanol–water partition coefficient (Wildman–Crippen LogP) is 2.74. The summed E-state index contributed by atoms with van der Waals surface area (Å²) in [5.74, 6) is -0.270. The van der Waals surface area contributed by atoms with E-state index in [0.717, 1.165) is 11.9 Å². The molecule has 0 fully saturated rings. The van der Waals surface area contributed by atoms with Crippen molar-refractivity contribution in [2.75, 3.05) is 0 Å². The van der Waals surface area contributed by atoms with Gasteiger partial charge in [-0.15, -0.1) is 0 Å². The molecule has 1 heterocycles. The topological polar surface area (TPSA) is 35.1 Å². The second-order valence-electron chi connectivity index (χ2n) is 3.99. The van der Waals surface area contributed by atoms with Crippen LogP contribution in [0.1, 0.15) is 32.4 Å². The zero-order chi connectivity index (χ0) is 11.0. The molecule has 0 spiro atoms. The Labute approximate surface area is 88.3 Å². The molecule has 0 bridgehead atoms. The lowest BCUT2D eigenvalue weighted by Gasteiger charge is -2.05. The van der Waals surface area contributed by atoms with Gasteiger partial charge in [0.1, 0.15) is 0 Å². The van der Waals surface area contributed by atoms with Gasteiger partial charge in [0.25, 0.3) is 0 Å². The SMILES string of the molecule is CCc1ccc2c(c1)oc(=O)n2C(C)C. The van der Waals surface area contributed by atoms with Gasteiger partial charge in [0.05, 0.1) is 5.52 Å². The van der Waals surface area contributed by atoms with E-state index in [4.69, 9.17) is 4.42 Å². The van der Waals surface area contributed by atoms with Crippen molar-refractivity contribution < 1.29 is 4.42 Å². The molecule has 2 aromatic rings. The maximum atomic E-state index is 11.6. The van der Waals surface area contributed by atoms with Crippen molar-refractivity contribution in [1.82, 2.24) is 4.57 Å². The van der Waals surface area contributed by atoms with Crippen LogP contribution in [0.4, 0.5) is 0 Å². The zero-order valence-corrected chi connectivity index (χ0v) is 9.28. The summed E-state index contributed by atoms with van der Waals surface area (Å²) in [6.07, 6.45) is 0.951. The fraction of sp³-hybridized carbons (Fsp3) is 0.417. The molecule has 2 rings (SSSR count). The Morgan fingerprint density at radius 3 is 2.73 bits per heavy atom. The summed E-state index contributed by atoms with van der Waals surface area (Å²) in [6, 6.07) is 6.07. The van der Waals surface area contributed by atoms with Gasteiger partial charge in [-0.3, -0.25) is 4.57 Å². The minimum Gasteiger partial charge on any atom is -0.408 e. The highest BCUT2D eigenvalue weighted by molar-refractivity contribution is 5.73. The van der Waals surface area contributed by atoms with Gasteiger partial charge in [0, 0.05) is 6.04 Å². The molecule has 0 radical (unpaired) electrons. The van der Waals surface area contributed by atoms with Gasteiger partial charge in [-0.25, -0.2) is 4.79 Å². The van der Waals surface area contributed by atoms with Crippen LogP contribution >= 0.6 is 0 Å². The van der Waals surface area contributed by atoms with E-state index in [1.165, 1.54) is 5.56 Å². The molecule has 0 amide bonds. The average molecular weight is 205 g/mol. The van der Waals surface area contributed by atoms with Gasteiger partial charge < -0.3 is 4.42 Å². The van der Waals surface area contributed by atoms with Gasteiger partial charge in [-0.2, -0.15) is 0 Å². The first-order chi connectivity index (χ1) is 7.13. The van der Waals surface area contributed by atoms with Gasteiger partial charge in [-0.05, 0) is 38.0 Å². The molecule has 0 aliphatic carbocycles. The summed E-state index contributed by atoms with van der Waals surface area (Å²) in [5.41, 5.74) is 2.76. The minimum absolute atomic E-state index is 0.131. The number of hydrogen-bond acceptors (Lipinski definition) is 2. The summed E-state index contributed by atoms with van der Waals surface area (Å²) in [6.45, 7) is 6.03. The molecule has 0 unspecified atom stereocenters. The number of oxazole rings is 1. The quantitative estimate of drug-likeness (QED) is 0.755. The van der Waals surface area contributed by atoms with Crippen LogP contribution in [0.15, 0.2) is 27.4 Å². The van der Waals surface area contributed by atoms with E-state index in [-0.39, 0.29) is 11.8 Å². The Morgan fingerprint density at radius 2 is 2.13 bits per heavy atom. The van der Waals surface area contributed by atoms with Crippen LogP contribution in [-0.4, -0.2) is 4.57 Å². The number of hydrogen-bond donors (Lipinski definition) is 0. The minimum atomic E-state index is -0.270. The second kappa shape index (κ2) is 3.57. The lowest BCUT2D eigenvalue weighted by atomic mass is 10.1. The summed E-state index contributed by atoms with van der Waals surface area (Å²) in [5, 5.41) is 0. The van der Waals surface area contributed by atoms with Crippen LogP contribution in [0.2, 0.25) is 0 Å². The third kappa shape index (κ3) is 1.58. The van der Waals surface area contributed by atoms with Crippen LogP contribution in [-0.2, 0) is 6.42 Å². The molecule has 3 heteroatoms. The summed E-state index contributed by atoms with van der Waals surface area (Å²) in [4.78, 5) is 11.6. The number of fused-ring (bicyclic) bond motifs is 1. The highest BCUT2D eigenvalue weighted by Crippen LogP contribution is 2.18. The molecule has 0 aliphatic rings. The van der Waals surface area contributed by atoms with Gasteiger partial charge in [0.15, 0.2) is 5.58 Å². The first kappa shape index (κ1) is 10.0. The zero-order valence-electron chi connectivity index (χ0n) is 9.28. The predicted molar refractivity (Wildman–Crippen MR) is 60.2 cm³/mol. The monoisotopic (exact) mass is 205 g/mol. The third-order valence-electron chi connectivity index (χ3n) is 2.60. The highest BCUT2D eigenvalue weighted by Gasteiger charge is 2.11. The molecule has 1 aromatic heterocycles. The number of aromatic nitrogens is 1. The Morgan fingerprint density at radius 1 is 1.40 bits per heavy atom. The van der Waals surface area contributed by atoms with Gasteiger partial charge >= 0.3 is 5.76 Å². The van der Waals surface area contributed by atoms with Crippen LogP contribution in [0, 0.1) is 0 Å². The maximum Gasteiger partial charge on any atom is 0.420 e. The lowest BCUT2D eigenvalue weighted by molar-refractivity contribution is 0.478. The fourth-order valence-electron chi connectivity index (χ4n) is 1.79. The Kier molecular flexibility index (Phi) is 2.39. The molecule has 3 nitrogen and oxygen atoms in total. The van der Waals surface area contributed by atoms with Crippen molar-refractivity contribution >= 4 is 11.1 Å². The van der Waals surface area contributed by atoms with E-state index < -0.39 is 0 Å². The number of rotatable bonds is 2. The largest absolute Gasteiger partial charge is 0.420 e. The smallest absolute Gasteiger partial charge is 0.408 e. The molecule has 1 aromatic carbocycles. The van der Waals surface area contributed by atoms with Crippen molar-refractivity contribution in [2.45, 2.75) is 33.2 Å². The Balaban J connectivity index is 2.74. The van der Waals surface area contributed by atoms with Crippen molar-refractivity contribution in [3.8, 4) is 0 Å². The first-order valence-corrected chi connectivity index (χ1v) is 5.27.